The zero-order valence-electron chi connectivity index (χ0n) is 15.9. The Bertz CT molecular complexity index is 1150. The normalized spacial score (nSPS) is 10.8. The van der Waals surface area contributed by atoms with Crippen molar-refractivity contribution in [2.75, 3.05) is 5.32 Å². The number of aryl methyl sites for hydroxylation is 2. The molecule has 0 saturated carbocycles. The Kier molecular flexibility index (Phi) is 5.13. The van der Waals surface area contributed by atoms with Crippen LogP contribution in [0.2, 0.25) is 0 Å². The highest BCUT2D eigenvalue weighted by Crippen LogP contribution is 2.24. The van der Waals surface area contributed by atoms with Gasteiger partial charge >= 0.3 is 0 Å². The predicted molar refractivity (Wildman–Crippen MR) is 116 cm³/mol. The van der Waals surface area contributed by atoms with Gasteiger partial charge in [-0.15, -0.1) is 11.3 Å². The molecule has 0 saturated heterocycles. The molecule has 4 rings (SSSR count). The maximum atomic E-state index is 12.6. The van der Waals surface area contributed by atoms with Crippen LogP contribution in [-0.2, 0) is 6.61 Å². The van der Waals surface area contributed by atoms with Crippen molar-refractivity contribution in [2.45, 2.75) is 20.5 Å². The zero-order chi connectivity index (χ0) is 19.5. The van der Waals surface area contributed by atoms with E-state index in [-0.39, 0.29) is 5.91 Å². The summed E-state index contributed by atoms with van der Waals surface area (Å²) in [5.41, 5.74) is 4.02. The summed E-state index contributed by atoms with van der Waals surface area (Å²) in [6, 6.07) is 22.2. The fourth-order valence-corrected chi connectivity index (χ4v) is 3.84. The van der Waals surface area contributed by atoms with Crippen molar-refractivity contribution in [3.8, 4) is 5.75 Å². The quantitative estimate of drug-likeness (QED) is 0.433. The summed E-state index contributed by atoms with van der Waals surface area (Å²) in [6.45, 7) is 4.44. The first-order chi connectivity index (χ1) is 13.6. The fourth-order valence-electron chi connectivity index (χ4n) is 3.05. The molecule has 140 valence electrons. The van der Waals surface area contributed by atoms with E-state index in [9.17, 15) is 4.79 Å². The molecular weight excluding hydrogens is 366 g/mol. The van der Waals surface area contributed by atoms with Gasteiger partial charge in [-0.25, -0.2) is 0 Å². The average Bonchev–Trinajstić information content (AvgIpc) is 3.18. The molecule has 1 heterocycles. The molecule has 0 bridgehead atoms. The van der Waals surface area contributed by atoms with Crippen molar-refractivity contribution in [1.29, 1.82) is 0 Å². The first-order valence-corrected chi connectivity index (χ1v) is 10.0. The van der Waals surface area contributed by atoms with Crippen LogP contribution in [0.3, 0.4) is 0 Å². The second-order valence-electron chi connectivity index (χ2n) is 6.89. The smallest absolute Gasteiger partial charge is 0.265 e. The molecule has 0 aliphatic rings. The van der Waals surface area contributed by atoms with E-state index >= 15 is 0 Å². The molecule has 0 radical (unpaired) electrons. The van der Waals surface area contributed by atoms with E-state index in [1.54, 1.807) is 0 Å². The van der Waals surface area contributed by atoms with Crippen molar-refractivity contribution in [1.82, 2.24) is 0 Å². The second-order valence-corrected chi connectivity index (χ2v) is 7.80. The number of thiophene rings is 1. The van der Waals surface area contributed by atoms with Crippen molar-refractivity contribution in [2.24, 2.45) is 0 Å². The number of fused-ring (bicyclic) bond motifs is 1. The van der Waals surface area contributed by atoms with E-state index in [1.807, 2.05) is 67.8 Å². The van der Waals surface area contributed by atoms with Crippen LogP contribution < -0.4 is 10.1 Å². The molecule has 3 aromatic carbocycles. The number of nitrogens with one attached hydrogen (secondary N) is 1. The number of ether oxygens (including phenoxy) is 1. The maximum Gasteiger partial charge on any atom is 0.265 e. The van der Waals surface area contributed by atoms with Gasteiger partial charge in [0, 0.05) is 11.3 Å². The molecule has 3 nitrogen and oxygen atoms in total. The van der Waals surface area contributed by atoms with E-state index in [0.717, 1.165) is 33.5 Å². The molecule has 0 atom stereocenters. The summed E-state index contributed by atoms with van der Waals surface area (Å²) >= 11 is 1.43. The Morgan fingerprint density at radius 2 is 1.79 bits per heavy atom. The Balaban J connectivity index is 1.42. The lowest BCUT2D eigenvalue weighted by molar-refractivity contribution is 0.103. The Labute approximate surface area is 168 Å². The molecule has 1 amide bonds. The van der Waals surface area contributed by atoms with Gasteiger partial charge in [0.2, 0.25) is 0 Å². The first kappa shape index (κ1) is 18.3. The third kappa shape index (κ3) is 4.07. The number of benzene rings is 3. The summed E-state index contributed by atoms with van der Waals surface area (Å²) in [6.07, 6.45) is 0. The molecule has 0 aliphatic heterocycles. The van der Waals surface area contributed by atoms with Crippen LogP contribution in [0.5, 0.6) is 5.75 Å². The van der Waals surface area contributed by atoms with Gasteiger partial charge in [-0.2, -0.15) is 0 Å². The second kappa shape index (κ2) is 7.87. The summed E-state index contributed by atoms with van der Waals surface area (Å²) in [5, 5.41) is 7.32. The standard InChI is InChI=1S/C24H21NO2S/c1-16-7-8-17(2)22(11-16)25-24(26)23-12-18(15-28-23)14-27-21-10-9-19-5-3-4-6-20(19)13-21/h3-13,15H,14H2,1-2H3,(H,25,26). The van der Waals surface area contributed by atoms with E-state index in [4.69, 9.17) is 4.74 Å². The van der Waals surface area contributed by atoms with Crippen LogP contribution in [0.15, 0.2) is 72.1 Å². The number of rotatable bonds is 5. The van der Waals surface area contributed by atoms with Gasteiger partial charge in [0.05, 0.1) is 4.88 Å². The molecule has 0 fully saturated rings. The largest absolute Gasteiger partial charge is 0.489 e. The SMILES string of the molecule is Cc1ccc(C)c(NC(=O)c2cc(COc3ccc4ccccc4c3)cs2)c1. The van der Waals surface area contributed by atoms with Crippen molar-refractivity contribution < 1.29 is 9.53 Å². The summed E-state index contributed by atoms with van der Waals surface area (Å²) < 4.78 is 5.92. The molecule has 0 spiro atoms. The summed E-state index contributed by atoms with van der Waals surface area (Å²) in [5.74, 6) is 0.738. The van der Waals surface area contributed by atoms with Gasteiger partial charge < -0.3 is 10.1 Å². The third-order valence-corrected chi connectivity index (χ3v) is 5.62. The maximum absolute atomic E-state index is 12.6. The molecule has 0 aliphatic carbocycles. The van der Waals surface area contributed by atoms with Gasteiger partial charge in [0.15, 0.2) is 0 Å². The topological polar surface area (TPSA) is 38.3 Å². The van der Waals surface area contributed by atoms with Gasteiger partial charge in [-0.1, -0.05) is 42.5 Å². The number of anilines is 1. The van der Waals surface area contributed by atoms with Crippen LogP contribution in [-0.4, -0.2) is 5.91 Å². The Morgan fingerprint density at radius 3 is 2.64 bits per heavy atom. The zero-order valence-corrected chi connectivity index (χ0v) is 16.7. The molecule has 1 aromatic heterocycles. The van der Waals surface area contributed by atoms with Crippen LogP contribution in [0, 0.1) is 13.8 Å². The highest BCUT2D eigenvalue weighted by molar-refractivity contribution is 7.12. The minimum atomic E-state index is -0.0874. The van der Waals surface area contributed by atoms with Crippen LogP contribution in [0.25, 0.3) is 10.8 Å². The Hall–Kier alpha value is -3.11. The fraction of sp³-hybridized carbons (Fsp3) is 0.125. The predicted octanol–water partition coefficient (Wildman–Crippen LogP) is 6.35. The van der Waals surface area contributed by atoms with E-state index in [1.165, 1.54) is 16.7 Å². The number of carbonyl (C=O) groups excluding carboxylic acids is 1. The highest BCUT2D eigenvalue weighted by atomic mass is 32.1. The van der Waals surface area contributed by atoms with E-state index in [0.29, 0.717) is 11.5 Å². The number of hydrogen-bond donors (Lipinski definition) is 1. The summed E-state index contributed by atoms with van der Waals surface area (Å²) in [7, 11) is 0. The number of amides is 1. The van der Waals surface area contributed by atoms with Crippen LogP contribution in [0.4, 0.5) is 5.69 Å². The Morgan fingerprint density at radius 1 is 0.964 bits per heavy atom. The van der Waals surface area contributed by atoms with Crippen molar-refractivity contribution in [3.63, 3.8) is 0 Å². The molecule has 4 aromatic rings. The van der Waals surface area contributed by atoms with Crippen LogP contribution >= 0.6 is 11.3 Å². The lowest BCUT2D eigenvalue weighted by Gasteiger charge is -2.08. The average molecular weight is 388 g/mol. The number of hydrogen-bond acceptors (Lipinski definition) is 3. The molecule has 4 heteroatoms. The van der Waals surface area contributed by atoms with Gasteiger partial charge in [-0.05, 0) is 65.4 Å². The van der Waals surface area contributed by atoms with Crippen molar-refractivity contribution in [3.05, 3.63) is 93.7 Å². The van der Waals surface area contributed by atoms with Gasteiger partial charge in [-0.3, -0.25) is 4.79 Å². The van der Waals surface area contributed by atoms with E-state index in [2.05, 4.69) is 23.5 Å². The minimum Gasteiger partial charge on any atom is -0.489 e. The lowest BCUT2D eigenvalue weighted by atomic mass is 10.1. The molecule has 0 unspecified atom stereocenters. The minimum absolute atomic E-state index is 0.0874. The molecule has 28 heavy (non-hydrogen) atoms. The van der Waals surface area contributed by atoms with Gasteiger partial charge in [0.25, 0.3) is 5.91 Å². The first-order valence-electron chi connectivity index (χ1n) is 9.16. The highest BCUT2D eigenvalue weighted by Gasteiger charge is 2.11. The molecular formula is C24H21NO2S. The van der Waals surface area contributed by atoms with Gasteiger partial charge in [0.1, 0.15) is 12.4 Å². The van der Waals surface area contributed by atoms with Crippen LogP contribution in [0.1, 0.15) is 26.4 Å². The molecule has 1 N–H and O–H groups in total. The third-order valence-electron chi connectivity index (χ3n) is 4.65. The lowest BCUT2D eigenvalue weighted by Crippen LogP contribution is -2.11. The monoisotopic (exact) mass is 387 g/mol. The number of carbonyl (C=O) groups is 1. The van der Waals surface area contributed by atoms with Crippen molar-refractivity contribution >= 4 is 33.7 Å². The summed E-state index contributed by atoms with van der Waals surface area (Å²) in [4.78, 5) is 13.2. The van der Waals surface area contributed by atoms with E-state index < -0.39 is 0 Å².